The van der Waals surface area contributed by atoms with Crippen LogP contribution in [0.3, 0.4) is 0 Å². The van der Waals surface area contributed by atoms with Crippen molar-refractivity contribution in [3.63, 3.8) is 0 Å². The van der Waals surface area contributed by atoms with E-state index in [0.717, 1.165) is 24.3 Å². The van der Waals surface area contributed by atoms with Crippen LogP contribution in [0.5, 0.6) is 0 Å². The number of hydrogen-bond acceptors (Lipinski definition) is 0. The molecule has 0 aliphatic heterocycles. The molecule has 0 unspecified atom stereocenters. The second-order valence-electron chi connectivity index (χ2n) is 4.44. The van der Waals surface area contributed by atoms with Gasteiger partial charge in [0.05, 0.1) is 6.57 Å². The molecule has 2 rings (SSSR count). The molecule has 0 amide bonds. The smallest absolute Gasteiger partial charge is 0.238 e. The van der Waals surface area contributed by atoms with Crippen molar-refractivity contribution in [2.45, 2.75) is 13.1 Å². The van der Waals surface area contributed by atoms with Gasteiger partial charge in [0.25, 0.3) is 0 Å². The summed E-state index contributed by atoms with van der Waals surface area (Å²) in [7, 11) is 0. The van der Waals surface area contributed by atoms with E-state index in [4.69, 9.17) is 6.57 Å². The van der Waals surface area contributed by atoms with Gasteiger partial charge in [0.15, 0.2) is 5.69 Å². The zero-order valence-corrected chi connectivity index (χ0v) is 10.7. The largest absolute Gasteiger partial charge is 0.415 e. The van der Waals surface area contributed by atoms with E-state index in [1.165, 1.54) is 6.92 Å². The number of rotatable bonds is 1. The lowest BCUT2D eigenvalue weighted by molar-refractivity contribution is -0.137. The topological polar surface area (TPSA) is 4.36 Å². The Hall–Kier alpha value is -2.42. The van der Waals surface area contributed by atoms with Gasteiger partial charge in [-0.3, -0.25) is 0 Å². The fourth-order valence-corrected chi connectivity index (χ4v) is 1.82. The van der Waals surface area contributed by atoms with Crippen LogP contribution in [0.4, 0.5) is 27.6 Å². The third kappa shape index (κ3) is 3.02. The molecule has 2 aromatic rings. The van der Waals surface area contributed by atoms with Crippen LogP contribution in [0.1, 0.15) is 11.1 Å². The molecule has 21 heavy (non-hydrogen) atoms. The van der Waals surface area contributed by atoms with Gasteiger partial charge in [-0.1, -0.05) is 0 Å². The third-order valence-electron chi connectivity index (χ3n) is 2.99. The molecular formula is C15H8F5N. The van der Waals surface area contributed by atoms with Crippen molar-refractivity contribution < 1.29 is 22.0 Å². The van der Waals surface area contributed by atoms with Crippen LogP contribution < -0.4 is 0 Å². The summed E-state index contributed by atoms with van der Waals surface area (Å²) in [6.45, 7) is 8.06. The van der Waals surface area contributed by atoms with E-state index in [2.05, 4.69) is 4.85 Å². The van der Waals surface area contributed by atoms with Crippen LogP contribution in [0.2, 0.25) is 0 Å². The van der Waals surface area contributed by atoms with Crippen LogP contribution >= 0.6 is 0 Å². The van der Waals surface area contributed by atoms with Gasteiger partial charge in [-0.2, -0.15) is 13.2 Å². The van der Waals surface area contributed by atoms with Gasteiger partial charge in [0.1, 0.15) is 11.6 Å². The van der Waals surface area contributed by atoms with Crippen molar-refractivity contribution in [3.8, 4) is 11.1 Å². The Labute approximate surface area is 117 Å². The summed E-state index contributed by atoms with van der Waals surface area (Å²) in [5.41, 5.74) is -1.61. The van der Waals surface area contributed by atoms with E-state index in [-0.39, 0.29) is 22.4 Å². The Balaban J connectivity index is 2.67. The number of nitrogens with zero attached hydrogens (tertiary/aromatic N) is 1. The van der Waals surface area contributed by atoms with E-state index in [1.807, 2.05) is 0 Å². The zero-order valence-electron chi connectivity index (χ0n) is 10.7. The Morgan fingerprint density at radius 1 is 0.905 bits per heavy atom. The molecule has 0 spiro atoms. The highest BCUT2D eigenvalue weighted by Crippen LogP contribution is 2.36. The number of alkyl halides is 3. The molecule has 0 aliphatic carbocycles. The minimum Gasteiger partial charge on any atom is -0.238 e. The molecule has 6 heteroatoms. The summed E-state index contributed by atoms with van der Waals surface area (Å²) in [5, 5.41) is 0. The number of halogens is 5. The van der Waals surface area contributed by atoms with Gasteiger partial charge < -0.3 is 0 Å². The van der Waals surface area contributed by atoms with Crippen molar-refractivity contribution in [1.29, 1.82) is 0 Å². The summed E-state index contributed by atoms with van der Waals surface area (Å²) in [4.78, 5) is 2.96. The molecule has 0 heterocycles. The van der Waals surface area contributed by atoms with Crippen LogP contribution in [-0.2, 0) is 6.18 Å². The Bertz CT molecular complexity index is 718. The van der Waals surface area contributed by atoms with Gasteiger partial charge in [-0.25, -0.2) is 13.6 Å². The summed E-state index contributed by atoms with van der Waals surface area (Å²) >= 11 is 0. The molecule has 0 fully saturated rings. The predicted octanol–water partition coefficient (Wildman–Crippen LogP) is 5.51. The standard InChI is InChI=1S/C15H8F5N/c1-8-13(16)5-10(6-14(8)17)9-3-11(15(18,19)20)7-12(4-9)21-2/h3-7H,1H3. The van der Waals surface area contributed by atoms with E-state index < -0.39 is 23.4 Å². The predicted molar refractivity (Wildman–Crippen MR) is 67.8 cm³/mol. The molecule has 0 atom stereocenters. The van der Waals surface area contributed by atoms with Crippen LogP contribution in [0.25, 0.3) is 16.0 Å². The molecule has 2 aromatic carbocycles. The highest BCUT2D eigenvalue weighted by molar-refractivity contribution is 5.70. The van der Waals surface area contributed by atoms with Crippen molar-refractivity contribution in [3.05, 3.63) is 64.5 Å². The second kappa shape index (κ2) is 5.17. The first-order valence-electron chi connectivity index (χ1n) is 5.78. The second-order valence-corrected chi connectivity index (χ2v) is 4.44. The molecule has 0 aromatic heterocycles. The third-order valence-corrected chi connectivity index (χ3v) is 2.99. The Morgan fingerprint density at radius 2 is 1.43 bits per heavy atom. The van der Waals surface area contributed by atoms with Crippen molar-refractivity contribution in [2.24, 2.45) is 0 Å². The molecule has 1 nitrogen and oxygen atoms in total. The minimum atomic E-state index is -4.64. The lowest BCUT2D eigenvalue weighted by Crippen LogP contribution is -2.04. The SMILES string of the molecule is [C-]#[N+]c1cc(-c2cc(F)c(C)c(F)c2)cc(C(F)(F)F)c1. The maximum Gasteiger partial charge on any atom is 0.415 e. The van der Waals surface area contributed by atoms with Crippen LogP contribution in [0, 0.1) is 25.1 Å². The molecule has 0 aliphatic rings. The van der Waals surface area contributed by atoms with Gasteiger partial charge in [-0.15, -0.1) is 0 Å². The number of hydrogen-bond donors (Lipinski definition) is 0. The summed E-state index contributed by atoms with van der Waals surface area (Å²) in [6, 6.07) is 4.50. The highest BCUT2D eigenvalue weighted by Gasteiger charge is 2.31. The molecule has 108 valence electrons. The van der Waals surface area contributed by atoms with Crippen molar-refractivity contribution in [1.82, 2.24) is 0 Å². The maximum atomic E-state index is 13.5. The lowest BCUT2D eigenvalue weighted by atomic mass is 10.00. The normalized spacial score (nSPS) is 11.3. The average Bonchev–Trinajstić information content (AvgIpc) is 2.42. The van der Waals surface area contributed by atoms with Gasteiger partial charge in [0, 0.05) is 11.1 Å². The maximum absolute atomic E-state index is 13.5. The molecule has 0 saturated heterocycles. The molecule has 0 radical (unpaired) electrons. The fraction of sp³-hybridized carbons (Fsp3) is 0.133. The van der Waals surface area contributed by atoms with E-state index >= 15 is 0 Å². The van der Waals surface area contributed by atoms with E-state index in [0.29, 0.717) is 6.07 Å². The van der Waals surface area contributed by atoms with E-state index in [9.17, 15) is 22.0 Å². The molecule has 0 bridgehead atoms. The van der Waals surface area contributed by atoms with Gasteiger partial charge >= 0.3 is 6.18 Å². The summed E-state index contributed by atoms with van der Waals surface area (Å²) in [6.07, 6.45) is -4.64. The van der Waals surface area contributed by atoms with Gasteiger partial charge in [0.2, 0.25) is 0 Å². The first-order valence-corrected chi connectivity index (χ1v) is 5.78. The monoisotopic (exact) mass is 297 g/mol. The number of benzene rings is 2. The van der Waals surface area contributed by atoms with Crippen molar-refractivity contribution in [2.75, 3.05) is 0 Å². The first kappa shape index (κ1) is 15.0. The Kier molecular flexibility index (Phi) is 3.69. The van der Waals surface area contributed by atoms with Crippen LogP contribution in [0.15, 0.2) is 30.3 Å². The average molecular weight is 297 g/mol. The fourth-order valence-electron chi connectivity index (χ4n) is 1.82. The Morgan fingerprint density at radius 3 is 1.90 bits per heavy atom. The highest BCUT2D eigenvalue weighted by atomic mass is 19.4. The van der Waals surface area contributed by atoms with Crippen LogP contribution in [-0.4, -0.2) is 0 Å². The molecule has 0 N–H and O–H groups in total. The summed E-state index contributed by atoms with van der Waals surface area (Å²) in [5.74, 6) is -1.71. The summed E-state index contributed by atoms with van der Waals surface area (Å²) < 4.78 is 65.4. The lowest BCUT2D eigenvalue weighted by Gasteiger charge is -2.11. The van der Waals surface area contributed by atoms with E-state index in [1.54, 1.807) is 0 Å². The minimum absolute atomic E-state index is 0.0494. The van der Waals surface area contributed by atoms with Crippen molar-refractivity contribution >= 4 is 5.69 Å². The molecule has 0 saturated carbocycles. The zero-order chi connectivity index (χ0) is 15.8. The van der Waals surface area contributed by atoms with Gasteiger partial charge in [-0.05, 0) is 48.4 Å². The molecular weight excluding hydrogens is 289 g/mol. The quantitative estimate of drug-likeness (QED) is 0.483. The first-order chi connectivity index (χ1) is 9.72.